The van der Waals surface area contributed by atoms with E-state index in [-0.39, 0.29) is 10.8 Å². The number of nitrogens with zero attached hydrogens (tertiary/aromatic N) is 2. The molecular formula is C10H19BN2OP. The van der Waals surface area contributed by atoms with E-state index in [1.807, 2.05) is 13.2 Å². The molecule has 0 N–H and O–H groups in total. The van der Waals surface area contributed by atoms with Gasteiger partial charge in [0.15, 0.2) is 0 Å². The van der Waals surface area contributed by atoms with Crippen LogP contribution in [0.3, 0.4) is 0 Å². The highest BCUT2D eigenvalue weighted by molar-refractivity contribution is 7.19. The second-order valence-electron chi connectivity index (χ2n) is 4.92. The normalized spacial score (nSPS) is 12.9. The first-order chi connectivity index (χ1) is 6.72. The smallest absolute Gasteiger partial charge is 0.334 e. The van der Waals surface area contributed by atoms with E-state index in [1.54, 1.807) is 18.4 Å². The van der Waals surface area contributed by atoms with Crippen LogP contribution in [-0.4, -0.2) is 28.0 Å². The van der Waals surface area contributed by atoms with Gasteiger partial charge in [-0.25, -0.2) is 0 Å². The second-order valence-corrected chi connectivity index (χ2v) is 6.36. The summed E-state index contributed by atoms with van der Waals surface area (Å²) in [4.78, 5) is 0. The Morgan fingerprint density at radius 2 is 2.00 bits per heavy atom. The largest absolute Gasteiger partial charge is 0.429 e. The number of aryl methyl sites for hydroxylation is 1. The van der Waals surface area contributed by atoms with Gasteiger partial charge < -0.3 is 4.65 Å². The van der Waals surface area contributed by atoms with E-state index in [2.05, 4.69) is 42.0 Å². The summed E-state index contributed by atoms with van der Waals surface area (Å²) in [5.41, 5.74) is 0.757. The summed E-state index contributed by atoms with van der Waals surface area (Å²) in [7, 11) is 6.47. The zero-order chi connectivity index (χ0) is 11.7. The van der Waals surface area contributed by atoms with Gasteiger partial charge in [-0.3, -0.25) is 4.68 Å². The van der Waals surface area contributed by atoms with Crippen molar-refractivity contribution < 1.29 is 4.65 Å². The van der Waals surface area contributed by atoms with Crippen molar-refractivity contribution in [1.29, 1.82) is 0 Å². The van der Waals surface area contributed by atoms with E-state index in [9.17, 15) is 0 Å². The molecule has 1 aromatic rings. The quantitative estimate of drug-likeness (QED) is 0.567. The van der Waals surface area contributed by atoms with E-state index in [4.69, 9.17) is 4.65 Å². The van der Waals surface area contributed by atoms with Crippen LogP contribution < -0.4 is 5.46 Å². The molecule has 0 aliphatic heterocycles. The minimum atomic E-state index is -0.229. The molecule has 1 aromatic heterocycles. The highest BCUT2D eigenvalue weighted by Crippen LogP contribution is 2.32. The van der Waals surface area contributed by atoms with Gasteiger partial charge in [0.05, 0.1) is 5.60 Å². The van der Waals surface area contributed by atoms with Crippen LogP contribution in [-0.2, 0) is 11.7 Å². The molecule has 1 atom stereocenters. The van der Waals surface area contributed by atoms with Gasteiger partial charge in [0.2, 0.25) is 0 Å². The van der Waals surface area contributed by atoms with Gasteiger partial charge in [0.1, 0.15) is 0 Å². The van der Waals surface area contributed by atoms with Crippen LogP contribution in [0.1, 0.15) is 27.7 Å². The molecule has 15 heavy (non-hydrogen) atoms. The van der Waals surface area contributed by atoms with Crippen molar-refractivity contribution >= 4 is 22.2 Å². The summed E-state index contributed by atoms with van der Waals surface area (Å²) in [5.74, 6) is 0. The number of aromatic nitrogens is 2. The van der Waals surface area contributed by atoms with Crippen LogP contribution in [0.2, 0.25) is 0 Å². The SMILES string of the molecule is Cn1cc([B]OC(C)(C)C(C)(C)P)cn1. The molecule has 0 saturated carbocycles. The van der Waals surface area contributed by atoms with Gasteiger partial charge in [-0.05, 0) is 19.3 Å². The van der Waals surface area contributed by atoms with Crippen LogP contribution in [0.15, 0.2) is 12.4 Å². The minimum absolute atomic E-state index is 0.0196. The Morgan fingerprint density at radius 1 is 1.40 bits per heavy atom. The fraction of sp³-hybridized carbons (Fsp3) is 0.700. The van der Waals surface area contributed by atoms with Crippen molar-refractivity contribution in [3.05, 3.63) is 12.4 Å². The Kier molecular flexibility index (Phi) is 3.62. The Morgan fingerprint density at radius 3 is 2.40 bits per heavy atom. The topological polar surface area (TPSA) is 27.1 Å². The molecule has 0 aliphatic rings. The lowest BCUT2D eigenvalue weighted by molar-refractivity contribution is 0.0841. The van der Waals surface area contributed by atoms with Crippen LogP contribution in [0.4, 0.5) is 0 Å². The molecule has 0 amide bonds. The maximum Gasteiger partial charge on any atom is 0.334 e. The van der Waals surface area contributed by atoms with Crippen LogP contribution in [0.5, 0.6) is 0 Å². The van der Waals surface area contributed by atoms with Gasteiger partial charge in [-0.15, -0.1) is 9.24 Å². The maximum absolute atomic E-state index is 5.79. The van der Waals surface area contributed by atoms with Crippen molar-refractivity contribution in [2.24, 2.45) is 7.05 Å². The van der Waals surface area contributed by atoms with Crippen LogP contribution in [0, 0.1) is 0 Å². The zero-order valence-electron chi connectivity index (χ0n) is 10.1. The molecule has 83 valence electrons. The van der Waals surface area contributed by atoms with Gasteiger partial charge in [-0.1, -0.05) is 13.8 Å². The fourth-order valence-electron chi connectivity index (χ4n) is 0.868. The summed E-state index contributed by atoms with van der Waals surface area (Å²) >= 11 is 0. The van der Waals surface area contributed by atoms with Gasteiger partial charge in [-0.2, -0.15) is 5.10 Å². The molecule has 0 fully saturated rings. The lowest BCUT2D eigenvalue weighted by atomic mass is 9.86. The summed E-state index contributed by atoms with van der Waals surface area (Å²) in [6.45, 7) is 8.42. The molecule has 0 aromatic carbocycles. The zero-order valence-corrected chi connectivity index (χ0v) is 11.3. The summed E-state index contributed by atoms with van der Waals surface area (Å²) in [6.07, 6.45) is 3.71. The molecule has 1 rings (SSSR count). The lowest BCUT2D eigenvalue weighted by Gasteiger charge is -2.38. The molecule has 0 bridgehead atoms. The van der Waals surface area contributed by atoms with Crippen molar-refractivity contribution in [2.45, 2.75) is 38.5 Å². The number of hydrogen-bond donors (Lipinski definition) is 0. The third-order valence-electron chi connectivity index (χ3n) is 2.77. The monoisotopic (exact) mass is 225 g/mol. The van der Waals surface area contributed by atoms with E-state index in [0.717, 1.165) is 5.46 Å². The molecule has 0 aliphatic carbocycles. The highest BCUT2D eigenvalue weighted by Gasteiger charge is 2.33. The van der Waals surface area contributed by atoms with Crippen molar-refractivity contribution in [1.82, 2.24) is 9.78 Å². The number of rotatable bonds is 4. The average molecular weight is 225 g/mol. The Balaban J connectivity index is 2.57. The first-order valence-electron chi connectivity index (χ1n) is 5.01. The molecule has 1 heterocycles. The molecule has 1 radical (unpaired) electrons. The second kappa shape index (κ2) is 4.27. The van der Waals surface area contributed by atoms with Gasteiger partial charge >= 0.3 is 7.48 Å². The summed E-state index contributed by atoms with van der Waals surface area (Å²) in [6, 6.07) is 0. The molecule has 0 saturated heterocycles. The summed E-state index contributed by atoms with van der Waals surface area (Å²) < 4.78 is 7.55. The van der Waals surface area contributed by atoms with Crippen molar-refractivity contribution in [3.8, 4) is 0 Å². The predicted molar refractivity (Wildman–Crippen MR) is 67.5 cm³/mol. The van der Waals surface area contributed by atoms with Crippen molar-refractivity contribution in [2.75, 3.05) is 0 Å². The van der Waals surface area contributed by atoms with Gasteiger partial charge in [0, 0.05) is 24.6 Å². The van der Waals surface area contributed by atoms with E-state index in [0.29, 0.717) is 0 Å². The third-order valence-corrected chi connectivity index (χ3v) is 3.46. The van der Waals surface area contributed by atoms with E-state index in [1.165, 1.54) is 0 Å². The van der Waals surface area contributed by atoms with Gasteiger partial charge in [0.25, 0.3) is 0 Å². The van der Waals surface area contributed by atoms with Crippen molar-refractivity contribution in [3.63, 3.8) is 0 Å². The first-order valence-corrected chi connectivity index (χ1v) is 5.59. The minimum Gasteiger partial charge on any atom is -0.429 e. The molecule has 5 heteroatoms. The van der Waals surface area contributed by atoms with Crippen LogP contribution in [0.25, 0.3) is 0 Å². The molecular weight excluding hydrogens is 206 g/mol. The van der Waals surface area contributed by atoms with Crippen LogP contribution >= 0.6 is 9.24 Å². The fourth-order valence-corrected chi connectivity index (χ4v) is 0.936. The Bertz CT molecular complexity index is 330. The maximum atomic E-state index is 5.79. The molecule has 0 spiro atoms. The predicted octanol–water partition coefficient (Wildman–Crippen LogP) is 1.11. The molecule has 3 nitrogen and oxygen atoms in total. The van der Waals surface area contributed by atoms with E-state index < -0.39 is 0 Å². The average Bonchev–Trinajstić information content (AvgIpc) is 2.46. The lowest BCUT2D eigenvalue weighted by Crippen LogP contribution is -2.45. The molecule has 1 unspecified atom stereocenters. The van der Waals surface area contributed by atoms with E-state index >= 15 is 0 Å². The summed E-state index contributed by atoms with van der Waals surface area (Å²) in [5, 5.41) is 4.10. The number of hydrogen-bond acceptors (Lipinski definition) is 2. The first kappa shape index (κ1) is 12.7. The Hall–Kier alpha value is -0.335. The standard InChI is InChI=1S/C10H19BN2OP/c1-9(2,10(3,4)15)14-11-8-6-12-13(5)7-8/h6-7H,15H2,1-5H3. The highest BCUT2D eigenvalue weighted by atomic mass is 31.0. The third kappa shape index (κ3) is 3.32. The Labute approximate surface area is 95.1 Å².